The second-order valence-corrected chi connectivity index (χ2v) is 5.63. The molecule has 0 saturated heterocycles. The van der Waals surface area contributed by atoms with Crippen LogP contribution in [-0.4, -0.2) is 9.97 Å². The van der Waals surface area contributed by atoms with Crippen molar-refractivity contribution in [3.8, 4) is 10.7 Å². The molecule has 0 fully saturated rings. The first-order chi connectivity index (χ1) is 8.67. The van der Waals surface area contributed by atoms with Crippen molar-refractivity contribution < 1.29 is 0 Å². The van der Waals surface area contributed by atoms with Crippen LogP contribution in [0.3, 0.4) is 0 Å². The summed E-state index contributed by atoms with van der Waals surface area (Å²) in [4.78, 5) is 10.4. The number of nitrogens with zero attached hydrogens (tertiary/aromatic N) is 2. The van der Waals surface area contributed by atoms with Crippen LogP contribution in [0.1, 0.15) is 42.8 Å². The van der Waals surface area contributed by atoms with Crippen molar-refractivity contribution in [3.05, 3.63) is 34.5 Å². The smallest absolute Gasteiger partial charge is 0.142 e. The first kappa shape index (κ1) is 13.2. The van der Waals surface area contributed by atoms with Gasteiger partial charge in [0.05, 0.1) is 5.69 Å². The van der Waals surface area contributed by atoms with Crippen molar-refractivity contribution in [2.75, 3.05) is 0 Å². The lowest BCUT2D eigenvalue weighted by molar-refractivity contribution is 0.813. The van der Waals surface area contributed by atoms with E-state index in [-0.39, 0.29) is 0 Å². The predicted octanol–water partition coefficient (Wildman–Crippen LogP) is 3.35. The van der Waals surface area contributed by atoms with Crippen LogP contribution in [-0.2, 0) is 13.0 Å². The van der Waals surface area contributed by atoms with E-state index in [2.05, 4.69) is 31.8 Å². The van der Waals surface area contributed by atoms with Gasteiger partial charge in [-0.2, -0.15) is 0 Å². The molecule has 0 aromatic carbocycles. The molecule has 0 aliphatic carbocycles. The van der Waals surface area contributed by atoms with Crippen molar-refractivity contribution in [1.29, 1.82) is 0 Å². The van der Waals surface area contributed by atoms with E-state index in [1.165, 1.54) is 10.4 Å². The highest BCUT2D eigenvalue weighted by Crippen LogP contribution is 2.32. The Kier molecular flexibility index (Phi) is 4.09. The molecule has 2 heterocycles. The van der Waals surface area contributed by atoms with Gasteiger partial charge < -0.3 is 5.73 Å². The zero-order valence-corrected chi connectivity index (χ0v) is 11.9. The highest BCUT2D eigenvalue weighted by Gasteiger charge is 2.16. The third kappa shape index (κ3) is 2.44. The Balaban J connectivity index is 2.51. The molecule has 0 amide bonds. The number of hydrogen-bond donors (Lipinski definition) is 1. The molecule has 4 heteroatoms. The molecule has 2 aromatic rings. The van der Waals surface area contributed by atoms with E-state index in [1.54, 1.807) is 11.3 Å². The molecule has 2 rings (SSSR count). The van der Waals surface area contributed by atoms with Crippen molar-refractivity contribution in [2.24, 2.45) is 5.73 Å². The average molecular weight is 261 g/mol. The lowest BCUT2D eigenvalue weighted by Crippen LogP contribution is -1.99. The minimum absolute atomic E-state index is 0.405. The van der Waals surface area contributed by atoms with Gasteiger partial charge in [-0.15, -0.1) is 11.3 Å². The van der Waals surface area contributed by atoms with Crippen LogP contribution in [0.4, 0.5) is 0 Å². The van der Waals surface area contributed by atoms with Crippen molar-refractivity contribution >= 4 is 11.3 Å². The van der Waals surface area contributed by atoms with Crippen molar-refractivity contribution in [2.45, 2.75) is 39.7 Å². The standard InChI is InChI=1S/C14H19N3S/c1-4-10-6-5-7-16-13(10)14-17-12(9(2)3)11(8-15)18-14/h5-7,9H,4,8,15H2,1-3H3. The van der Waals surface area contributed by atoms with Crippen LogP contribution in [0.25, 0.3) is 10.7 Å². The maximum Gasteiger partial charge on any atom is 0.142 e. The number of pyridine rings is 1. The zero-order valence-electron chi connectivity index (χ0n) is 11.1. The molecular formula is C14H19N3S. The number of hydrogen-bond acceptors (Lipinski definition) is 4. The summed E-state index contributed by atoms with van der Waals surface area (Å²) < 4.78 is 0. The third-order valence-corrected chi connectivity index (χ3v) is 4.03. The summed E-state index contributed by atoms with van der Waals surface area (Å²) in [7, 11) is 0. The van der Waals surface area contributed by atoms with Crippen LogP contribution in [0.2, 0.25) is 0 Å². The lowest BCUT2D eigenvalue weighted by Gasteiger charge is -2.03. The van der Waals surface area contributed by atoms with Crippen molar-refractivity contribution in [3.63, 3.8) is 0 Å². The van der Waals surface area contributed by atoms with Gasteiger partial charge in [0.1, 0.15) is 10.7 Å². The topological polar surface area (TPSA) is 51.8 Å². The maximum absolute atomic E-state index is 5.80. The van der Waals surface area contributed by atoms with Gasteiger partial charge >= 0.3 is 0 Å². The Morgan fingerprint density at radius 1 is 1.39 bits per heavy atom. The molecule has 96 valence electrons. The molecule has 0 radical (unpaired) electrons. The summed E-state index contributed by atoms with van der Waals surface area (Å²) in [6.45, 7) is 7.00. The summed E-state index contributed by atoms with van der Waals surface area (Å²) in [5.74, 6) is 0.405. The van der Waals surface area contributed by atoms with Gasteiger partial charge in [-0.25, -0.2) is 4.98 Å². The van der Waals surface area contributed by atoms with Crippen LogP contribution in [0.5, 0.6) is 0 Å². The number of aromatic nitrogens is 2. The molecule has 0 unspecified atom stereocenters. The van der Waals surface area contributed by atoms with E-state index in [4.69, 9.17) is 10.7 Å². The van der Waals surface area contributed by atoms with Crippen LogP contribution in [0, 0.1) is 0 Å². The van der Waals surface area contributed by atoms with Gasteiger partial charge in [-0.1, -0.05) is 26.8 Å². The van der Waals surface area contributed by atoms with Gasteiger partial charge in [-0.05, 0) is 24.0 Å². The fourth-order valence-electron chi connectivity index (χ4n) is 1.98. The quantitative estimate of drug-likeness (QED) is 0.918. The number of nitrogens with two attached hydrogens (primary N) is 1. The van der Waals surface area contributed by atoms with E-state index >= 15 is 0 Å². The van der Waals surface area contributed by atoms with Gasteiger partial charge in [0.15, 0.2) is 0 Å². The molecule has 0 aliphatic rings. The summed E-state index contributed by atoms with van der Waals surface area (Å²) in [6, 6.07) is 4.09. The lowest BCUT2D eigenvalue weighted by atomic mass is 10.1. The Hall–Kier alpha value is -1.26. The Morgan fingerprint density at radius 2 is 2.17 bits per heavy atom. The monoisotopic (exact) mass is 261 g/mol. The molecule has 0 spiro atoms. The molecular weight excluding hydrogens is 242 g/mol. The van der Waals surface area contributed by atoms with Gasteiger partial charge in [-0.3, -0.25) is 4.98 Å². The number of thiazole rings is 1. The minimum atomic E-state index is 0.405. The Morgan fingerprint density at radius 3 is 2.72 bits per heavy atom. The fraction of sp³-hybridized carbons (Fsp3) is 0.429. The Labute approximate surface area is 112 Å². The second kappa shape index (κ2) is 5.59. The van der Waals surface area contributed by atoms with E-state index in [0.29, 0.717) is 12.5 Å². The highest BCUT2D eigenvalue weighted by molar-refractivity contribution is 7.15. The van der Waals surface area contributed by atoms with Crippen LogP contribution in [0.15, 0.2) is 18.3 Å². The van der Waals surface area contributed by atoms with E-state index in [1.807, 2.05) is 12.3 Å². The van der Waals surface area contributed by atoms with Gasteiger partial charge in [0.2, 0.25) is 0 Å². The Bertz CT molecular complexity index is 532. The molecule has 2 N–H and O–H groups in total. The molecule has 0 aliphatic heterocycles. The van der Waals surface area contributed by atoms with E-state index < -0.39 is 0 Å². The summed E-state index contributed by atoms with van der Waals surface area (Å²) in [5, 5.41) is 0.997. The molecule has 0 atom stereocenters. The first-order valence-corrected chi connectivity index (χ1v) is 7.12. The number of rotatable bonds is 4. The largest absolute Gasteiger partial charge is 0.326 e. The SMILES string of the molecule is CCc1cccnc1-c1nc(C(C)C)c(CN)s1. The number of aryl methyl sites for hydroxylation is 1. The molecule has 3 nitrogen and oxygen atoms in total. The van der Waals surface area contributed by atoms with Crippen LogP contribution >= 0.6 is 11.3 Å². The maximum atomic E-state index is 5.80. The van der Waals surface area contributed by atoms with Gasteiger partial charge in [0, 0.05) is 17.6 Å². The minimum Gasteiger partial charge on any atom is -0.326 e. The zero-order chi connectivity index (χ0) is 13.1. The van der Waals surface area contributed by atoms with Gasteiger partial charge in [0.25, 0.3) is 0 Å². The third-order valence-electron chi connectivity index (χ3n) is 2.93. The van der Waals surface area contributed by atoms with E-state index in [0.717, 1.165) is 22.8 Å². The summed E-state index contributed by atoms with van der Waals surface area (Å²) in [6.07, 6.45) is 2.80. The highest BCUT2D eigenvalue weighted by atomic mass is 32.1. The molecule has 0 saturated carbocycles. The molecule has 18 heavy (non-hydrogen) atoms. The summed E-state index contributed by atoms with van der Waals surface area (Å²) >= 11 is 1.67. The second-order valence-electron chi connectivity index (χ2n) is 4.55. The first-order valence-electron chi connectivity index (χ1n) is 6.31. The van der Waals surface area contributed by atoms with E-state index in [9.17, 15) is 0 Å². The molecule has 0 bridgehead atoms. The average Bonchev–Trinajstić information content (AvgIpc) is 2.82. The van der Waals surface area contributed by atoms with Crippen LogP contribution < -0.4 is 5.73 Å². The fourth-order valence-corrected chi connectivity index (χ4v) is 3.11. The predicted molar refractivity (Wildman–Crippen MR) is 76.7 cm³/mol. The summed E-state index contributed by atoms with van der Waals surface area (Å²) in [5.41, 5.74) is 9.16. The molecule has 2 aromatic heterocycles. The normalized spacial score (nSPS) is 11.2. The van der Waals surface area contributed by atoms with Crippen molar-refractivity contribution in [1.82, 2.24) is 9.97 Å².